The number of alkyl halides is 3. The summed E-state index contributed by atoms with van der Waals surface area (Å²) in [4.78, 5) is 28.6. The molecule has 0 radical (unpaired) electrons. The average molecular weight is 565 g/mol. The minimum Gasteiger partial charge on any atom is -0.506 e. The lowest BCUT2D eigenvalue weighted by Crippen LogP contribution is -2.44. The molecule has 12 heteroatoms. The molecule has 5 N–H and O–H groups in total. The number of nitrogens with zero attached hydrogens (tertiary/aromatic N) is 1. The predicted octanol–water partition coefficient (Wildman–Crippen LogP) is 3.50. The van der Waals surface area contributed by atoms with E-state index >= 15 is 0 Å². The summed E-state index contributed by atoms with van der Waals surface area (Å²) >= 11 is 0. The van der Waals surface area contributed by atoms with Crippen molar-refractivity contribution in [3.05, 3.63) is 75.4 Å². The van der Waals surface area contributed by atoms with Gasteiger partial charge in [-0.25, -0.2) is 4.39 Å². The third kappa shape index (κ3) is 7.38. The van der Waals surface area contributed by atoms with Crippen LogP contribution >= 0.6 is 0 Å². The number of phenols is 1. The lowest BCUT2D eigenvalue weighted by molar-refractivity contribution is -0.121. The van der Waals surface area contributed by atoms with Crippen LogP contribution in [0.3, 0.4) is 0 Å². The van der Waals surface area contributed by atoms with E-state index in [1.165, 1.54) is 24.3 Å². The molecule has 1 aliphatic carbocycles. The van der Waals surface area contributed by atoms with Crippen LogP contribution in [0.5, 0.6) is 5.75 Å². The largest absolute Gasteiger partial charge is 0.506 e. The number of rotatable bonds is 9. The van der Waals surface area contributed by atoms with Crippen LogP contribution in [-0.4, -0.2) is 70.9 Å². The van der Waals surface area contributed by atoms with Crippen molar-refractivity contribution >= 4 is 16.8 Å². The third-order valence-corrected chi connectivity index (χ3v) is 7.19. The molecule has 2 heterocycles. The number of likely N-dealkylation sites (tertiary alicyclic amines) is 1. The van der Waals surface area contributed by atoms with Gasteiger partial charge in [0.15, 0.2) is 0 Å². The Hall–Kier alpha value is -3.48. The number of aromatic nitrogens is 1. The minimum atomic E-state index is -4.80. The molecular weight excluding hydrogens is 532 g/mol. The van der Waals surface area contributed by atoms with Gasteiger partial charge in [0.1, 0.15) is 11.6 Å². The number of carbonyl (C=O) groups excluding carboxylic acids is 1. The highest BCUT2D eigenvalue weighted by Crippen LogP contribution is 2.35. The Balaban J connectivity index is 1.20. The summed E-state index contributed by atoms with van der Waals surface area (Å²) in [5.41, 5.74) is -1.02. The lowest BCUT2D eigenvalue weighted by atomic mass is 10.0. The smallest absolute Gasteiger partial charge is 0.418 e. The summed E-state index contributed by atoms with van der Waals surface area (Å²) in [5, 5.41) is 27.2. The van der Waals surface area contributed by atoms with Gasteiger partial charge in [-0.2, -0.15) is 13.2 Å². The molecule has 2 aromatic rings. The number of aromatic hydroxyl groups is 1. The first-order chi connectivity index (χ1) is 19.0. The number of aliphatic hydroxyl groups is 1. The maximum atomic E-state index is 14.4. The number of amides is 1. The Morgan fingerprint density at radius 2 is 1.93 bits per heavy atom. The molecule has 1 saturated heterocycles. The summed E-state index contributed by atoms with van der Waals surface area (Å²) in [6.07, 6.45) is -0.518. The second kappa shape index (κ2) is 12.8. The summed E-state index contributed by atoms with van der Waals surface area (Å²) in [5.74, 6) is -1.81. The molecule has 40 heavy (non-hydrogen) atoms. The quantitative estimate of drug-likeness (QED) is 0.298. The molecule has 216 valence electrons. The maximum Gasteiger partial charge on any atom is 0.418 e. The highest BCUT2D eigenvalue weighted by atomic mass is 19.4. The van der Waals surface area contributed by atoms with Crippen molar-refractivity contribution in [2.24, 2.45) is 0 Å². The van der Waals surface area contributed by atoms with Crippen molar-refractivity contribution in [2.45, 2.75) is 44.0 Å². The fourth-order valence-corrected chi connectivity index (χ4v) is 4.95. The Morgan fingerprint density at radius 1 is 1.18 bits per heavy atom. The molecule has 1 amide bonds. The first-order valence-electron chi connectivity index (χ1n) is 13.1. The van der Waals surface area contributed by atoms with Gasteiger partial charge in [0.2, 0.25) is 11.5 Å². The molecule has 8 nitrogen and oxygen atoms in total. The van der Waals surface area contributed by atoms with Crippen LogP contribution in [0.25, 0.3) is 10.9 Å². The summed E-state index contributed by atoms with van der Waals surface area (Å²) in [6, 6.07) is 6.11. The SMILES string of the molecule is O=C(CCN1CCC(NCC(O)c2ccc(O)c3[nH]c(=O)ccc23)CC1)NCC1=C(F)C(C(F)(F)F)=CCC=C1. The first-order valence-corrected chi connectivity index (χ1v) is 13.1. The molecule has 1 aromatic heterocycles. The number of allylic oxidation sites excluding steroid dienone is 4. The zero-order chi connectivity index (χ0) is 28.9. The average Bonchev–Trinajstić information content (AvgIpc) is 3.11. The molecular formula is C28H32F4N4O4. The van der Waals surface area contributed by atoms with Crippen LogP contribution in [0.4, 0.5) is 17.6 Å². The number of phenolic OH excluding ortho intramolecular Hbond substituents is 1. The van der Waals surface area contributed by atoms with E-state index in [4.69, 9.17) is 0 Å². The van der Waals surface area contributed by atoms with Gasteiger partial charge in [-0.3, -0.25) is 9.59 Å². The van der Waals surface area contributed by atoms with Crippen molar-refractivity contribution in [1.29, 1.82) is 0 Å². The molecule has 0 saturated carbocycles. The lowest BCUT2D eigenvalue weighted by Gasteiger charge is -2.32. The molecule has 1 aliphatic heterocycles. The summed E-state index contributed by atoms with van der Waals surface area (Å²) in [7, 11) is 0. The van der Waals surface area contributed by atoms with Crippen LogP contribution in [0.15, 0.2) is 64.3 Å². The Bertz CT molecular complexity index is 1370. The zero-order valence-corrected chi connectivity index (χ0v) is 21.7. The van der Waals surface area contributed by atoms with Crippen LogP contribution in [0.2, 0.25) is 0 Å². The number of aliphatic hydroxyl groups excluding tert-OH is 1. The second-order valence-electron chi connectivity index (χ2n) is 9.94. The van der Waals surface area contributed by atoms with Crippen molar-refractivity contribution in [1.82, 2.24) is 20.5 Å². The highest BCUT2D eigenvalue weighted by molar-refractivity contribution is 5.87. The zero-order valence-electron chi connectivity index (χ0n) is 21.7. The Morgan fingerprint density at radius 3 is 2.65 bits per heavy atom. The van der Waals surface area contributed by atoms with Gasteiger partial charge in [-0.05, 0) is 50.0 Å². The number of hydrogen-bond acceptors (Lipinski definition) is 6. The predicted molar refractivity (Wildman–Crippen MR) is 142 cm³/mol. The van der Waals surface area contributed by atoms with E-state index in [1.807, 2.05) is 0 Å². The molecule has 0 bridgehead atoms. The number of carbonyl (C=O) groups is 1. The van der Waals surface area contributed by atoms with Crippen LogP contribution in [-0.2, 0) is 4.79 Å². The topological polar surface area (TPSA) is 118 Å². The molecule has 2 aliphatic rings. The van der Waals surface area contributed by atoms with E-state index < -0.39 is 23.7 Å². The van der Waals surface area contributed by atoms with E-state index in [2.05, 4.69) is 20.5 Å². The number of fused-ring (bicyclic) bond motifs is 1. The van der Waals surface area contributed by atoms with Gasteiger partial charge in [0.25, 0.3) is 0 Å². The number of halogens is 4. The Kier molecular flexibility index (Phi) is 9.44. The number of benzene rings is 1. The van der Waals surface area contributed by atoms with E-state index in [9.17, 15) is 37.4 Å². The molecule has 0 spiro atoms. The highest BCUT2D eigenvalue weighted by Gasteiger charge is 2.37. The summed E-state index contributed by atoms with van der Waals surface area (Å²) < 4.78 is 53.5. The molecule has 1 aromatic carbocycles. The monoisotopic (exact) mass is 564 g/mol. The van der Waals surface area contributed by atoms with E-state index in [-0.39, 0.29) is 60.3 Å². The summed E-state index contributed by atoms with van der Waals surface area (Å²) in [6.45, 7) is 1.84. The molecule has 4 rings (SSSR count). The van der Waals surface area contributed by atoms with Gasteiger partial charge in [-0.15, -0.1) is 0 Å². The standard InChI is InChI=1S/C28H32F4N4O4/c29-26-17(3-1-2-4-21(26)28(30,31)32)15-34-24(39)11-14-36-12-9-18(10-13-36)33-16-23(38)19-5-7-22(37)27-20(19)6-8-25(40)35-27/h1,3-8,18,23,33,37-38H,2,9-16H2,(H,34,39)(H,35,40). The van der Waals surface area contributed by atoms with Crippen LogP contribution in [0.1, 0.15) is 37.4 Å². The van der Waals surface area contributed by atoms with E-state index in [1.54, 1.807) is 12.1 Å². The minimum absolute atomic E-state index is 0.0424. The van der Waals surface area contributed by atoms with E-state index in [0.717, 1.165) is 18.9 Å². The van der Waals surface area contributed by atoms with Gasteiger partial charge in [0.05, 0.1) is 17.2 Å². The van der Waals surface area contributed by atoms with Gasteiger partial charge in [0, 0.05) is 49.1 Å². The number of aromatic amines is 1. The van der Waals surface area contributed by atoms with Crippen LogP contribution in [0, 0.1) is 0 Å². The van der Waals surface area contributed by atoms with Gasteiger partial charge < -0.3 is 30.7 Å². The maximum absolute atomic E-state index is 14.4. The van der Waals surface area contributed by atoms with Crippen LogP contribution < -0.4 is 16.2 Å². The van der Waals surface area contributed by atoms with Crippen molar-refractivity contribution in [2.75, 3.05) is 32.7 Å². The fraction of sp³-hybridized carbons (Fsp3) is 0.429. The number of pyridine rings is 1. The fourth-order valence-electron chi connectivity index (χ4n) is 4.95. The number of hydrogen-bond donors (Lipinski definition) is 5. The number of H-pyrrole nitrogens is 1. The van der Waals surface area contributed by atoms with Crippen molar-refractivity contribution in [3.63, 3.8) is 0 Å². The van der Waals surface area contributed by atoms with E-state index in [0.29, 0.717) is 30.6 Å². The Labute approximate surface area is 228 Å². The van der Waals surface area contributed by atoms with Gasteiger partial charge in [-0.1, -0.05) is 24.3 Å². The third-order valence-electron chi connectivity index (χ3n) is 7.19. The van der Waals surface area contributed by atoms with Crippen molar-refractivity contribution in [3.8, 4) is 5.75 Å². The van der Waals surface area contributed by atoms with Gasteiger partial charge >= 0.3 is 6.18 Å². The first kappa shape index (κ1) is 29.5. The second-order valence-corrected chi connectivity index (χ2v) is 9.94. The number of nitrogens with one attached hydrogen (secondary N) is 3. The number of piperidine rings is 1. The normalized spacial score (nSPS) is 18.1. The molecule has 1 atom stereocenters. The molecule has 1 unspecified atom stereocenters. The van der Waals surface area contributed by atoms with Crippen molar-refractivity contribution < 1.29 is 32.6 Å². The molecule has 1 fully saturated rings.